The molecule has 2 atom stereocenters. The Hall–Kier alpha value is -0.900. The maximum Gasteiger partial charge on any atom is 0.237 e. The summed E-state index contributed by atoms with van der Waals surface area (Å²) in [6.45, 7) is 10.8. The molecule has 0 heterocycles. The Labute approximate surface area is 92.6 Å². The number of nitrogens with one attached hydrogen (secondary N) is 1. The number of nitrogens with two attached hydrogens (primary N) is 1. The average Bonchev–Trinajstić information content (AvgIpc) is 2.15. The molecule has 0 fully saturated rings. The monoisotopic (exact) mass is 216 g/mol. The van der Waals surface area contributed by atoms with Crippen LogP contribution in [0.1, 0.15) is 41.5 Å². The SMILES string of the molecule is CC.CC(=O)C(NC(=O)C(C)N)C(C)C. The molecule has 0 aliphatic heterocycles. The van der Waals surface area contributed by atoms with Crippen LogP contribution in [0.25, 0.3) is 0 Å². The molecule has 0 aliphatic rings. The molecule has 90 valence electrons. The summed E-state index contributed by atoms with van der Waals surface area (Å²) in [6, 6.07) is -0.987. The maximum absolute atomic E-state index is 11.2. The summed E-state index contributed by atoms with van der Waals surface area (Å²) >= 11 is 0. The van der Waals surface area contributed by atoms with E-state index in [1.807, 2.05) is 27.7 Å². The Morgan fingerprint density at radius 3 is 1.73 bits per heavy atom. The van der Waals surface area contributed by atoms with Crippen LogP contribution in [-0.2, 0) is 9.59 Å². The molecule has 15 heavy (non-hydrogen) atoms. The fourth-order valence-electron chi connectivity index (χ4n) is 1.02. The van der Waals surface area contributed by atoms with Gasteiger partial charge >= 0.3 is 0 Å². The van der Waals surface area contributed by atoms with Crippen LogP contribution < -0.4 is 11.1 Å². The van der Waals surface area contributed by atoms with Crippen LogP contribution in [0.3, 0.4) is 0 Å². The van der Waals surface area contributed by atoms with E-state index in [2.05, 4.69) is 5.32 Å². The average molecular weight is 216 g/mol. The third-order valence-electron chi connectivity index (χ3n) is 1.82. The van der Waals surface area contributed by atoms with E-state index in [4.69, 9.17) is 5.73 Å². The molecule has 0 bridgehead atoms. The number of rotatable bonds is 4. The van der Waals surface area contributed by atoms with E-state index in [0.717, 1.165) is 0 Å². The highest BCUT2D eigenvalue weighted by molar-refractivity contribution is 5.89. The van der Waals surface area contributed by atoms with Gasteiger partial charge in [0.05, 0.1) is 12.1 Å². The maximum atomic E-state index is 11.2. The van der Waals surface area contributed by atoms with Crippen molar-refractivity contribution in [3.05, 3.63) is 0 Å². The molecule has 1 amide bonds. The Morgan fingerprint density at radius 2 is 1.53 bits per heavy atom. The minimum Gasteiger partial charge on any atom is -0.345 e. The molecule has 0 aliphatic carbocycles. The quantitative estimate of drug-likeness (QED) is 0.739. The second-order valence-electron chi connectivity index (χ2n) is 3.63. The van der Waals surface area contributed by atoms with Gasteiger partial charge in [-0.15, -0.1) is 0 Å². The van der Waals surface area contributed by atoms with Crippen LogP contribution in [0.4, 0.5) is 0 Å². The van der Waals surface area contributed by atoms with E-state index in [-0.39, 0.29) is 17.6 Å². The molecule has 3 N–H and O–H groups in total. The summed E-state index contributed by atoms with van der Waals surface area (Å²) in [5.41, 5.74) is 5.36. The minimum absolute atomic E-state index is 0.0380. The fourth-order valence-corrected chi connectivity index (χ4v) is 1.02. The molecular weight excluding hydrogens is 192 g/mol. The predicted molar refractivity (Wildman–Crippen MR) is 62.4 cm³/mol. The Balaban J connectivity index is 0. The first-order chi connectivity index (χ1) is 6.86. The van der Waals surface area contributed by atoms with Crippen molar-refractivity contribution in [3.63, 3.8) is 0 Å². The number of Topliss-reactive ketones (excluding diaryl/α,β-unsaturated/α-hetero) is 1. The second kappa shape index (κ2) is 8.41. The number of hydrogen-bond donors (Lipinski definition) is 2. The van der Waals surface area contributed by atoms with Gasteiger partial charge in [0.15, 0.2) is 5.78 Å². The smallest absolute Gasteiger partial charge is 0.237 e. The Kier molecular flexibility index (Phi) is 9.27. The zero-order valence-corrected chi connectivity index (χ0v) is 10.6. The summed E-state index contributed by atoms with van der Waals surface area (Å²) < 4.78 is 0. The zero-order valence-electron chi connectivity index (χ0n) is 10.6. The van der Waals surface area contributed by atoms with Crippen molar-refractivity contribution < 1.29 is 9.59 Å². The van der Waals surface area contributed by atoms with Crippen LogP contribution in [0.5, 0.6) is 0 Å². The first-order valence-corrected chi connectivity index (χ1v) is 5.42. The van der Waals surface area contributed by atoms with Gasteiger partial charge in [0, 0.05) is 0 Å². The topological polar surface area (TPSA) is 72.2 Å². The summed E-state index contributed by atoms with van der Waals surface area (Å²) in [4.78, 5) is 22.3. The molecular formula is C11H24N2O2. The number of carbonyl (C=O) groups is 2. The summed E-state index contributed by atoms with van der Waals surface area (Å²) in [5, 5.41) is 2.60. The lowest BCUT2D eigenvalue weighted by molar-refractivity contribution is -0.128. The highest BCUT2D eigenvalue weighted by Gasteiger charge is 2.21. The van der Waals surface area contributed by atoms with Crippen LogP contribution in [0.2, 0.25) is 0 Å². The van der Waals surface area contributed by atoms with Crippen molar-refractivity contribution in [3.8, 4) is 0 Å². The summed E-state index contributed by atoms with van der Waals surface area (Å²) in [7, 11) is 0. The van der Waals surface area contributed by atoms with Crippen molar-refractivity contribution in [2.45, 2.75) is 53.6 Å². The largest absolute Gasteiger partial charge is 0.345 e. The fraction of sp³-hybridized carbons (Fsp3) is 0.818. The zero-order chi connectivity index (χ0) is 12.6. The van der Waals surface area contributed by atoms with Crippen LogP contribution in [0.15, 0.2) is 0 Å². The van der Waals surface area contributed by atoms with E-state index in [9.17, 15) is 9.59 Å². The van der Waals surface area contributed by atoms with E-state index in [1.54, 1.807) is 6.92 Å². The third-order valence-corrected chi connectivity index (χ3v) is 1.82. The highest BCUT2D eigenvalue weighted by Crippen LogP contribution is 2.02. The van der Waals surface area contributed by atoms with Crippen molar-refractivity contribution in [2.75, 3.05) is 0 Å². The van der Waals surface area contributed by atoms with Gasteiger partial charge in [0.1, 0.15) is 0 Å². The van der Waals surface area contributed by atoms with Crippen LogP contribution in [0, 0.1) is 5.92 Å². The van der Waals surface area contributed by atoms with E-state index < -0.39 is 12.1 Å². The lowest BCUT2D eigenvalue weighted by atomic mass is 10.0. The molecule has 0 aromatic rings. The number of carbonyl (C=O) groups excluding carboxylic acids is 2. The normalized spacial score (nSPS) is 13.6. The van der Waals surface area contributed by atoms with E-state index >= 15 is 0 Å². The summed E-state index contributed by atoms with van der Waals surface area (Å²) in [6.07, 6.45) is 0. The van der Waals surface area contributed by atoms with Gasteiger partial charge in [-0.25, -0.2) is 0 Å². The molecule has 0 aromatic heterocycles. The highest BCUT2D eigenvalue weighted by atomic mass is 16.2. The number of hydrogen-bond acceptors (Lipinski definition) is 3. The van der Waals surface area contributed by atoms with Crippen molar-refractivity contribution in [1.29, 1.82) is 0 Å². The standard InChI is InChI=1S/C9H18N2O2.C2H6/c1-5(2)8(7(4)12)11-9(13)6(3)10;1-2/h5-6,8H,10H2,1-4H3,(H,11,13);1-2H3. The van der Waals surface area contributed by atoms with Gasteiger partial charge in [0.25, 0.3) is 0 Å². The molecule has 0 saturated carbocycles. The van der Waals surface area contributed by atoms with Crippen molar-refractivity contribution in [2.24, 2.45) is 11.7 Å². The second-order valence-corrected chi connectivity index (χ2v) is 3.63. The van der Waals surface area contributed by atoms with Crippen molar-refractivity contribution >= 4 is 11.7 Å². The van der Waals surface area contributed by atoms with Gasteiger partial charge < -0.3 is 11.1 Å². The summed E-state index contributed by atoms with van der Waals surface area (Å²) in [5.74, 6) is -0.224. The molecule has 0 spiro atoms. The van der Waals surface area contributed by atoms with Gasteiger partial charge in [0.2, 0.25) is 5.91 Å². The Bertz CT molecular complexity index is 201. The third kappa shape index (κ3) is 7.08. The lowest BCUT2D eigenvalue weighted by Gasteiger charge is -2.20. The minimum atomic E-state index is -0.569. The molecule has 4 nitrogen and oxygen atoms in total. The lowest BCUT2D eigenvalue weighted by Crippen LogP contribution is -2.48. The van der Waals surface area contributed by atoms with Gasteiger partial charge in [-0.1, -0.05) is 27.7 Å². The molecule has 2 unspecified atom stereocenters. The van der Waals surface area contributed by atoms with Crippen LogP contribution >= 0.6 is 0 Å². The van der Waals surface area contributed by atoms with Gasteiger partial charge in [-0.3, -0.25) is 9.59 Å². The number of amides is 1. The van der Waals surface area contributed by atoms with Crippen molar-refractivity contribution in [1.82, 2.24) is 5.32 Å². The Morgan fingerprint density at radius 1 is 1.13 bits per heavy atom. The molecule has 0 aromatic carbocycles. The number of ketones is 1. The molecule has 0 saturated heterocycles. The molecule has 4 heteroatoms. The van der Waals surface area contributed by atoms with E-state index in [0.29, 0.717) is 0 Å². The molecule has 0 radical (unpaired) electrons. The van der Waals surface area contributed by atoms with E-state index in [1.165, 1.54) is 6.92 Å². The van der Waals surface area contributed by atoms with Gasteiger partial charge in [-0.2, -0.15) is 0 Å². The first-order valence-electron chi connectivity index (χ1n) is 5.42. The van der Waals surface area contributed by atoms with Gasteiger partial charge in [-0.05, 0) is 19.8 Å². The predicted octanol–water partition coefficient (Wildman–Crippen LogP) is 1.09. The molecule has 0 rings (SSSR count). The van der Waals surface area contributed by atoms with Crippen LogP contribution in [-0.4, -0.2) is 23.8 Å². The first kappa shape index (κ1) is 16.5.